The standard InChI is InChI=1S/C15H24N4O/c1-11-5-7-19(13(8-11)10-16)15(20)12-4-6-17-14(9-12)18(2)3/h4,6,9,11,13H,5,7-8,10,16H2,1-3H3. The molecule has 1 aliphatic rings. The van der Waals surface area contributed by atoms with Crippen LogP contribution in [0.3, 0.4) is 0 Å². The highest BCUT2D eigenvalue weighted by Gasteiger charge is 2.29. The van der Waals surface area contributed by atoms with E-state index < -0.39 is 0 Å². The van der Waals surface area contributed by atoms with E-state index in [2.05, 4.69) is 11.9 Å². The zero-order valence-electron chi connectivity index (χ0n) is 12.5. The van der Waals surface area contributed by atoms with E-state index in [4.69, 9.17) is 5.73 Å². The van der Waals surface area contributed by atoms with E-state index in [0.717, 1.165) is 25.2 Å². The highest BCUT2D eigenvalue weighted by molar-refractivity contribution is 5.95. The Morgan fingerprint density at radius 2 is 2.30 bits per heavy atom. The molecule has 5 heteroatoms. The molecule has 2 unspecified atom stereocenters. The predicted molar refractivity (Wildman–Crippen MR) is 80.8 cm³/mol. The van der Waals surface area contributed by atoms with Crippen molar-refractivity contribution < 1.29 is 4.79 Å². The summed E-state index contributed by atoms with van der Waals surface area (Å²) in [7, 11) is 3.84. The SMILES string of the molecule is CC1CCN(C(=O)c2ccnc(N(C)C)c2)C(CN)C1. The van der Waals surface area contributed by atoms with Crippen LogP contribution in [0.25, 0.3) is 0 Å². The van der Waals surface area contributed by atoms with Gasteiger partial charge in [-0.25, -0.2) is 4.98 Å². The molecule has 0 aliphatic carbocycles. The van der Waals surface area contributed by atoms with Crippen molar-refractivity contribution in [2.45, 2.75) is 25.8 Å². The van der Waals surface area contributed by atoms with Crippen molar-refractivity contribution >= 4 is 11.7 Å². The minimum absolute atomic E-state index is 0.0675. The van der Waals surface area contributed by atoms with Crippen molar-refractivity contribution in [3.05, 3.63) is 23.9 Å². The van der Waals surface area contributed by atoms with Crippen LogP contribution in [-0.2, 0) is 0 Å². The highest BCUT2D eigenvalue weighted by Crippen LogP contribution is 2.24. The van der Waals surface area contributed by atoms with Crippen molar-refractivity contribution in [2.75, 3.05) is 32.1 Å². The zero-order valence-corrected chi connectivity index (χ0v) is 12.5. The van der Waals surface area contributed by atoms with E-state index in [0.29, 0.717) is 18.0 Å². The first-order valence-corrected chi connectivity index (χ1v) is 7.17. The number of anilines is 1. The van der Waals surface area contributed by atoms with Gasteiger partial charge in [-0.05, 0) is 30.9 Å². The van der Waals surface area contributed by atoms with Crippen LogP contribution in [0.4, 0.5) is 5.82 Å². The first-order chi connectivity index (χ1) is 9.52. The van der Waals surface area contributed by atoms with Gasteiger partial charge in [-0.15, -0.1) is 0 Å². The van der Waals surface area contributed by atoms with Gasteiger partial charge in [0.25, 0.3) is 5.91 Å². The van der Waals surface area contributed by atoms with Gasteiger partial charge in [0.05, 0.1) is 0 Å². The third-order valence-electron chi connectivity index (χ3n) is 3.96. The summed E-state index contributed by atoms with van der Waals surface area (Å²) in [5, 5.41) is 0. The Morgan fingerprint density at radius 3 is 2.95 bits per heavy atom. The molecule has 1 amide bonds. The highest BCUT2D eigenvalue weighted by atomic mass is 16.2. The number of likely N-dealkylation sites (tertiary alicyclic amines) is 1. The molecule has 5 nitrogen and oxygen atoms in total. The molecule has 2 N–H and O–H groups in total. The Balaban J connectivity index is 2.19. The third-order valence-corrected chi connectivity index (χ3v) is 3.96. The Bertz CT molecular complexity index is 475. The quantitative estimate of drug-likeness (QED) is 0.905. The monoisotopic (exact) mass is 276 g/mol. The number of rotatable bonds is 3. The zero-order chi connectivity index (χ0) is 14.7. The summed E-state index contributed by atoms with van der Waals surface area (Å²) in [5.74, 6) is 1.51. The van der Waals surface area contributed by atoms with Crippen LogP contribution in [0.15, 0.2) is 18.3 Å². The lowest BCUT2D eigenvalue weighted by molar-refractivity contribution is 0.0573. The molecule has 0 spiro atoms. The summed E-state index contributed by atoms with van der Waals surface area (Å²) >= 11 is 0. The molecule has 0 aromatic carbocycles. The van der Waals surface area contributed by atoms with Crippen molar-refractivity contribution in [1.29, 1.82) is 0 Å². The smallest absolute Gasteiger partial charge is 0.254 e. The van der Waals surface area contributed by atoms with Crippen molar-refractivity contribution in [3.8, 4) is 0 Å². The molecule has 20 heavy (non-hydrogen) atoms. The van der Waals surface area contributed by atoms with Gasteiger partial charge < -0.3 is 15.5 Å². The second-order valence-electron chi connectivity index (χ2n) is 5.81. The van der Waals surface area contributed by atoms with E-state index in [-0.39, 0.29) is 11.9 Å². The second-order valence-corrected chi connectivity index (χ2v) is 5.81. The molecule has 2 atom stereocenters. The lowest BCUT2D eigenvalue weighted by atomic mass is 9.92. The normalized spacial score (nSPS) is 22.7. The number of hydrogen-bond acceptors (Lipinski definition) is 4. The minimum Gasteiger partial charge on any atom is -0.363 e. The molecule has 110 valence electrons. The summed E-state index contributed by atoms with van der Waals surface area (Å²) in [5.41, 5.74) is 6.53. The topological polar surface area (TPSA) is 62.5 Å². The van der Waals surface area contributed by atoms with Crippen molar-refractivity contribution in [3.63, 3.8) is 0 Å². The molecular formula is C15H24N4O. The van der Waals surface area contributed by atoms with Crippen LogP contribution in [0.2, 0.25) is 0 Å². The first-order valence-electron chi connectivity index (χ1n) is 7.17. The summed E-state index contributed by atoms with van der Waals surface area (Å²) in [6.07, 6.45) is 3.73. The fourth-order valence-electron chi connectivity index (χ4n) is 2.70. The second kappa shape index (κ2) is 6.22. The van der Waals surface area contributed by atoms with E-state index in [1.165, 1.54) is 0 Å². The average molecular weight is 276 g/mol. The van der Waals surface area contributed by atoms with Crippen LogP contribution >= 0.6 is 0 Å². The molecule has 2 rings (SSSR count). The minimum atomic E-state index is 0.0675. The van der Waals surface area contributed by atoms with Crippen molar-refractivity contribution in [1.82, 2.24) is 9.88 Å². The lowest BCUT2D eigenvalue weighted by Crippen LogP contribution is -2.49. The number of amides is 1. The number of aromatic nitrogens is 1. The molecule has 2 heterocycles. The van der Waals surface area contributed by atoms with E-state index in [1.807, 2.05) is 30.0 Å². The van der Waals surface area contributed by atoms with E-state index in [1.54, 1.807) is 12.3 Å². The number of nitrogens with zero attached hydrogens (tertiary/aromatic N) is 3. The first kappa shape index (κ1) is 14.8. The fraction of sp³-hybridized carbons (Fsp3) is 0.600. The van der Waals surface area contributed by atoms with E-state index >= 15 is 0 Å². The Hall–Kier alpha value is -1.62. The van der Waals surface area contributed by atoms with Gasteiger partial charge in [-0.1, -0.05) is 6.92 Å². The molecular weight excluding hydrogens is 252 g/mol. The lowest BCUT2D eigenvalue weighted by Gasteiger charge is -2.38. The fourth-order valence-corrected chi connectivity index (χ4v) is 2.70. The maximum absolute atomic E-state index is 12.7. The molecule has 0 bridgehead atoms. The van der Waals surface area contributed by atoms with Gasteiger partial charge in [0.15, 0.2) is 0 Å². The van der Waals surface area contributed by atoms with Crippen LogP contribution in [-0.4, -0.2) is 49.0 Å². The summed E-state index contributed by atoms with van der Waals surface area (Å²) in [6, 6.07) is 3.77. The molecule has 1 saturated heterocycles. The number of pyridine rings is 1. The van der Waals surface area contributed by atoms with E-state index in [9.17, 15) is 4.79 Å². The Morgan fingerprint density at radius 1 is 1.55 bits per heavy atom. The summed E-state index contributed by atoms with van der Waals surface area (Å²) in [4.78, 5) is 20.7. The van der Waals surface area contributed by atoms with Gasteiger partial charge in [0.2, 0.25) is 0 Å². The van der Waals surface area contributed by atoms with Gasteiger partial charge in [0, 0.05) is 45.0 Å². The predicted octanol–water partition coefficient (Wildman–Crippen LogP) is 1.35. The molecule has 1 aromatic heterocycles. The number of piperidine rings is 1. The number of nitrogens with two attached hydrogens (primary N) is 1. The summed E-state index contributed by atoms with van der Waals surface area (Å²) in [6.45, 7) is 3.55. The number of carbonyl (C=O) groups is 1. The summed E-state index contributed by atoms with van der Waals surface area (Å²) < 4.78 is 0. The third kappa shape index (κ3) is 3.10. The molecule has 1 aromatic rings. The van der Waals surface area contributed by atoms with Crippen LogP contribution in [0, 0.1) is 5.92 Å². The average Bonchev–Trinajstić information content (AvgIpc) is 2.46. The molecule has 0 radical (unpaired) electrons. The number of carbonyl (C=O) groups excluding carboxylic acids is 1. The largest absolute Gasteiger partial charge is 0.363 e. The van der Waals surface area contributed by atoms with Gasteiger partial charge in [-0.3, -0.25) is 4.79 Å². The number of hydrogen-bond donors (Lipinski definition) is 1. The molecule has 1 aliphatic heterocycles. The maximum Gasteiger partial charge on any atom is 0.254 e. The van der Waals surface area contributed by atoms with Crippen LogP contribution < -0.4 is 10.6 Å². The van der Waals surface area contributed by atoms with Gasteiger partial charge in [-0.2, -0.15) is 0 Å². The maximum atomic E-state index is 12.7. The van der Waals surface area contributed by atoms with Gasteiger partial charge >= 0.3 is 0 Å². The Labute approximate surface area is 120 Å². The Kier molecular flexibility index (Phi) is 4.60. The van der Waals surface area contributed by atoms with Crippen LogP contribution in [0.1, 0.15) is 30.1 Å². The van der Waals surface area contributed by atoms with Gasteiger partial charge in [0.1, 0.15) is 5.82 Å². The molecule has 0 saturated carbocycles. The van der Waals surface area contributed by atoms with Crippen molar-refractivity contribution in [2.24, 2.45) is 11.7 Å². The van der Waals surface area contributed by atoms with Crippen LogP contribution in [0.5, 0.6) is 0 Å². The molecule has 1 fully saturated rings.